The molecule has 0 atom stereocenters. The second-order valence-corrected chi connectivity index (χ2v) is 5.78. The van der Waals surface area contributed by atoms with Crippen LogP contribution in [0.3, 0.4) is 0 Å². The zero-order chi connectivity index (χ0) is 15.6. The number of hydrogen-bond acceptors (Lipinski definition) is 4. The molecule has 0 aliphatic carbocycles. The van der Waals surface area contributed by atoms with Gasteiger partial charge in [-0.1, -0.05) is 0 Å². The van der Waals surface area contributed by atoms with Gasteiger partial charge in [-0.3, -0.25) is 4.72 Å². The Hall–Kier alpha value is -2.61. The van der Waals surface area contributed by atoms with Crippen molar-refractivity contribution in [2.75, 3.05) is 4.72 Å². The molecule has 0 amide bonds. The highest BCUT2D eigenvalue weighted by Crippen LogP contribution is 2.24. The molecular formula is C13H10FNO5S. The molecule has 0 spiro atoms. The summed E-state index contributed by atoms with van der Waals surface area (Å²) in [5.41, 5.74) is -0.606. The number of carboxylic acid groups (broad SMARTS) is 1. The van der Waals surface area contributed by atoms with Crippen LogP contribution in [0.15, 0.2) is 47.4 Å². The lowest BCUT2D eigenvalue weighted by molar-refractivity contribution is 0.0697. The molecule has 2 aromatic rings. The molecule has 0 aliphatic heterocycles. The summed E-state index contributed by atoms with van der Waals surface area (Å²) >= 11 is 0. The van der Waals surface area contributed by atoms with Gasteiger partial charge in [0, 0.05) is 0 Å². The summed E-state index contributed by atoms with van der Waals surface area (Å²) in [7, 11) is -4.06. The third-order valence-electron chi connectivity index (χ3n) is 2.60. The minimum atomic E-state index is -4.06. The van der Waals surface area contributed by atoms with Crippen molar-refractivity contribution in [1.29, 1.82) is 0 Å². The molecule has 0 fully saturated rings. The van der Waals surface area contributed by atoms with Crippen molar-refractivity contribution in [3.8, 4) is 5.75 Å². The fourth-order valence-corrected chi connectivity index (χ4v) is 2.70. The summed E-state index contributed by atoms with van der Waals surface area (Å²) in [5.74, 6) is -2.30. The summed E-state index contributed by atoms with van der Waals surface area (Å²) in [4.78, 5) is 10.8. The summed E-state index contributed by atoms with van der Waals surface area (Å²) < 4.78 is 39.1. The molecule has 0 radical (unpaired) electrons. The lowest BCUT2D eigenvalue weighted by atomic mass is 10.2. The first-order valence-corrected chi connectivity index (χ1v) is 7.12. The molecule has 21 heavy (non-hydrogen) atoms. The van der Waals surface area contributed by atoms with Crippen LogP contribution in [-0.2, 0) is 10.0 Å². The Morgan fingerprint density at radius 2 is 1.71 bits per heavy atom. The zero-order valence-corrected chi connectivity index (χ0v) is 11.3. The second-order valence-electron chi connectivity index (χ2n) is 4.09. The molecule has 0 aliphatic rings. The van der Waals surface area contributed by atoms with Crippen LogP contribution in [0, 0.1) is 5.82 Å². The lowest BCUT2D eigenvalue weighted by Gasteiger charge is -2.10. The number of aromatic hydroxyl groups is 1. The molecule has 3 N–H and O–H groups in total. The summed E-state index contributed by atoms with van der Waals surface area (Å²) in [6.07, 6.45) is 0. The molecule has 2 rings (SSSR count). The standard InChI is InChI=1S/C13H10FNO5S/c14-8-1-4-10(5-2-8)21(19,20)15-12-6-3-9(16)7-11(12)13(17)18/h1-7,15-16H,(H,17,18). The Morgan fingerprint density at radius 3 is 2.29 bits per heavy atom. The van der Waals surface area contributed by atoms with Gasteiger partial charge >= 0.3 is 5.97 Å². The average Bonchev–Trinajstić information content (AvgIpc) is 2.41. The highest BCUT2D eigenvalue weighted by Gasteiger charge is 2.19. The first-order chi connectivity index (χ1) is 9.79. The quantitative estimate of drug-likeness (QED) is 0.750. The number of carbonyl (C=O) groups is 1. The van der Waals surface area contributed by atoms with Crippen LogP contribution in [0.25, 0.3) is 0 Å². The van der Waals surface area contributed by atoms with E-state index >= 15 is 0 Å². The number of benzene rings is 2. The fraction of sp³-hybridized carbons (Fsp3) is 0. The Morgan fingerprint density at radius 1 is 1.10 bits per heavy atom. The van der Waals surface area contributed by atoms with Crippen LogP contribution in [0.4, 0.5) is 10.1 Å². The van der Waals surface area contributed by atoms with E-state index in [0.29, 0.717) is 0 Å². The number of sulfonamides is 1. The predicted octanol–water partition coefficient (Wildman–Crippen LogP) is 2.03. The van der Waals surface area contributed by atoms with Crippen LogP contribution in [-0.4, -0.2) is 24.6 Å². The molecule has 0 saturated carbocycles. The summed E-state index contributed by atoms with van der Waals surface area (Å²) in [6.45, 7) is 0. The largest absolute Gasteiger partial charge is 0.508 e. The molecule has 0 heterocycles. The number of rotatable bonds is 4. The zero-order valence-electron chi connectivity index (χ0n) is 10.4. The van der Waals surface area contributed by atoms with Crippen LogP contribution in [0.1, 0.15) is 10.4 Å². The van der Waals surface area contributed by atoms with E-state index in [1.807, 2.05) is 0 Å². The van der Waals surface area contributed by atoms with E-state index in [1.54, 1.807) is 0 Å². The van der Waals surface area contributed by atoms with Gasteiger partial charge < -0.3 is 10.2 Å². The third kappa shape index (κ3) is 3.29. The van der Waals surface area contributed by atoms with Crippen molar-refractivity contribution < 1.29 is 27.8 Å². The van der Waals surface area contributed by atoms with E-state index in [2.05, 4.69) is 4.72 Å². The van der Waals surface area contributed by atoms with Gasteiger partial charge in [-0.2, -0.15) is 0 Å². The number of anilines is 1. The van der Waals surface area contributed by atoms with E-state index in [1.165, 1.54) is 0 Å². The number of aromatic carboxylic acids is 1. The van der Waals surface area contributed by atoms with Crippen LogP contribution in [0.5, 0.6) is 5.75 Å². The number of nitrogens with one attached hydrogen (secondary N) is 1. The molecule has 6 nitrogen and oxygen atoms in total. The minimum Gasteiger partial charge on any atom is -0.508 e. The van der Waals surface area contributed by atoms with E-state index in [4.69, 9.17) is 5.11 Å². The Kier molecular flexibility index (Phi) is 3.81. The fourth-order valence-electron chi connectivity index (χ4n) is 1.62. The number of phenolic OH excluding ortho intramolecular Hbond substituents is 1. The maximum atomic E-state index is 12.8. The molecule has 0 saturated heterocycles. The van der Waals surface area contributed by atoms with Crippen molar-refractivity contribution in [3.05, 3.63) is 53.8 Å². The van der Waals surface area contributed by atoms with Crippen LogP contribution >= 0.6 is 0 Å². The first kappa shape index (κ1) is 14.8. The molecule has 0 bridgehead atoms. The normalized spacial score (nSPS) is 11.1. The van der Waals surface area contributed by atoms with Gasteiger partial charge in [0.2, 0.25) is 0 Å². The highest BCUT2D eigenvalue weighted by atomic mass is 32.2. The molecule has 0 aromatic heterocycles. The van der Waals surface area contributed by atoms with Crippen molar-refractivity contribution in [3.63, 3.8) is 0 Å². The van der Waals surface area contributed by atoms with E-state index in [0.717, 1.165) is 42.5 Å². The number of halogens is 1. The number of hydrogen-bond donors (Lipinski definition) is 3. The molecular weight excluding hydrogens is 301 g/mol. The van der Waals surface area contributed by atoms with Gasteiger partial charge in [0.1, 0.15) is 11.6 Å². The minimum absolute atomic E-state index is 0.204. The van der Waals surface area contributed by atoms with Crippen molar-refractivity contribution in [2.45, 2.75) is 4.90 Å². The summed E-state index contributed by atoms with van der Waals surface area (Å²) in [5, 5.41) is 18.2. The van der Waals surface area contributed by atoms with Crippen molar-refractivity contribution in [2.24, 2.45) is 0 Å². The highest BCUT2D eigenvalue weighted by molar-refractivity contribution is 7.92. The molecule has 110 valence electrons. The van der Waals surface area contributed by atoms with Gasteiger partial charge in [-0.25, -0.2) is 17.6 Å². The topological polar surface area (TPSA) is 104 Å². The lowest BCUT2D eigenvalue weighted by Crippen LogP contribution is -2.15. The Labute approximate surface area is 119 Å². The molecule has 2 aromatic carbocycles. The third-order valence-corrected chi connectivity index (χ3v) is 3.98. The smallest absolute Gasteiger partial charge is 0.337 e. The number of carboxylic acids is 1. The predicted molar refractivity (Wildman–Crippen MR) is 72.3 cm³/mol. The Balaban J connectivity index is 2.41. The maximum Gasteiger partial charge on any atom is 0.337 e. The average molecular weight is 311 g/mol. The van der Waals surface area contributed by atoms with E-state index in [-0.39, 0.29) is 16.3 Å². The van der Waals surface area contributed by atoms with Gasteiger partial charge in [-0.15, -0.1) is 0 Å². The first-order valence-electron chi connectivity index (χ1n) is 5.64. The van der Waals surface area contributed by atoms with Gasteiger partial charge in [0.15, 0.2) is 0 Å². The second kappa shape index (κ2) is 5.41. The monoisotopic (exact) mass is 311 g/mol. The van der Waals surface area contributed by atoms with Gasteiger partial charge in [-0.05, 0) is 42.5 Å². The maximum absolute atomic E-state index is 12.8. The van der Waals surface area contributed by atoms with Gasteiger partial charge in [0.05, 0.1) is 16.1 Å². The molecule has 0 unspecified atom stereocenters. The summed E-state index contributed by atoms with van der Waals surface area (Å²) in [6, 6.07) is 7.25. The van der Waals surface area contributed by atoms with E-state index in [9.17, 15) is 22.7 Å². The van der Waals surface area contributed by atoms with Crippen molar-refractivity contribution >= 4 is 21.7 Å². The van der Waals surface area contributed by atoms with E-state index < -0.39 is 27.4 Å². The number of phenols is 1. The molecule has 8 heteroatoms. The Bertz CT molecular complexity index is 787. The van der Waals surface area contributed by atoms with Crippen LogP contribution < -0.4 is 4.72 Å². The van der Waals surface area contributed by atoms with Crippen molar-refractivity contribution in [1.82, 2.24) is 0 Å². The van der Waals surface area contributed by atoms with Gasteiger partial charge in [0.25, 0.3) is 10.0 Å². The van der Waals surface area contributed by atoms with Crippen LogP contribution in [0.2, 0.25) is 0 Å². The SMILES string of the molecule is O=C(O)c1cc(O)ccc1NS(=O)(=O)c1ccc(F)cc1.